The zero-order valence-corrected chi connectivity index (χ0v) is 14.9. The average Bonchev–Trinajstić information content (AvgIpc) is 2.91. The molecule has 2 rings (SSSR count). The topological polar surface area (TPSA) is 78.0 Å². The van der Waals surface area contributed by atoms with Crippen LogP contribution in [0.3, 0.4) is 0 Å². The second-order valence-corrected chi connectivity index (χ2v) is 6.80. The summed E-state index contributed by atoms with van der Waals surface area (Å²) in [5, 5.41) is 0.225. The Morgan fingerprint density at radius 1 is 1.38 bits per heavy atom. The Hall–Kier alpha value is -2.02. The van der Waals surface area contributed by atoms with Crippen LogP contribution < -0.4 is 4.74 Å². The van der Waals surface area contributed by atoms with Crippen molar-refractivity contribution in [2.24, 2.45) is 0 Å². The van der Waals surface area contributed by atoms with E-state index in [2.05, 4.69) is 4.98 Å². The van der Waals surface area contributed by atoms with Crippen LogP contribution in [0.4, 0.5) is 4.79 Å². The molecular formula is C16H21ClN2O5. The smallest absolute Gasteiger partial charge is 0.411 e. The molecule has 1 saturated heterocycles. The van der Waals surface area contributed by atoms with Gasteiger partial charge in [-0.05, 0) is 32.9 Å². The first kappa shape index (κ1) is 18.3. The van der Waals surface area contributed by atoms with Crippen molar-refractivity contribution in [2.45, 2.75) is 44.9 Å². The highest BCUT2D eigenvalue weighted by atomic mass is 35.5. The van der Waals surface area contributed by atoms with Gasteiger partial charge in [0.1, 0.15) is 17.7 Å². The number of likely N-dealkylation sites (tertiary alicyclic amines) is 1. The largest absolute Gasteiger partial charge is 0.485 e. The van der Waals surface area contributed by atoms with Crippen LogP contribution in [-0.2, 0) is 14.3 Å². The van der Waals surface area contributed by atoms with E-state index in [1.807, 2.05) is 0 Å². The van der Waals surface area contributed by atoms with Gasteiger partial charge in [0.05, 0.1) is 13.7 Å². The number of ether oxygens (including phenoxy) is 3. The van der Waals surface area contributed by atoms with Crippen molar-refractivity contribution in [3.05, 3.63) is 23.5 Å². The van der Waals surface area contributed by atoms with E-state index < -0.39 is 29.8 Å². The van der Waals surface area contributed by atoms with Crippen molar-refractivity contribution in [1.29, 1.82) is 0 Å². The molecule has 24 heavy (non-hydrogen) atoms. The Labute approximate surface area is 145 Å². The standard InChI is InChI=1S/C16H21ClN2O5/c1-16(2,3)24-15(21)19-9-10(8-11(19)14(20)22-4)23-12-6-5-7-18-13(12)17/h5-7,10-11H,8-9H2,1-4H3/t10-,11-/m1/s1. The van der Waals surface area contributed by atoms with Gasteiger partial charge in [0.15, 0.2) is 10.9 Å². The number of halogens is 1. The minimum atomic E-state index is -0.759. The van der Waals surface area contributed by atoms with Gasteiger partial charge in [0.25, 0.3) is 0 Å². The third-order valence-electron chi connectivity index (χ3n) is 3.38. The van der Waals surface area contributed by atoms with Gasteiger partial charge in [0, 0.05) is 12.6 Å². The minimum absolute atomic E-state index is 0.194. The summed E-state index contributed by atoms with van der Waals surface area (Å²) < 4.78 is 15.9. The molecule has 0 spiro atoms. The fraction of sp³-hybridized carbons (Fsp3) is 0.562. The second kappa shape index (κ2) is 7.25. The third kappa shape index (κ3) is 4.50. The fourth-order valence-electron chi connectivity index (χ4n) is 2.40. The van der Waals surface area contributed by atoms with Crippen LogP contribution in [0.1, 0.15) is 27.2 Å². The molecule has 1 aromatic heterocycles. The molecule has 1 aliphatic rings. The third-order valence-corrected chi connectivity index (χ3v) is 3.67. The number of methoxy groups -OCH3 is 1. The highest BCUT2D eigenvalue weighted by Crippen LogP contribution is 2.28. The number of nitrogens with zero attached hydrogens (tertiary/aromatic N) is 2. The summed E-state index contributed by atoms with van der Waals surface area (Å²) in [4.78, 5) is 29.6. The maximum Gasteiger partial charge on any atom is 0.411 e. The van der Waals surface area contributed by atoms with Crippen LogP contribution in [0.5, 0.6) is 5.75 Å². The van der Waals surface area contributed by atoms with Crippen molar-refractivity contribution in [1.82, 2.24) is 9.88 Å². The Kier molecular flexibility index (Phi) is 5.54. The molecule has 2 heterocycles. The van der Waals surface area contributed by atoms with Crippen LogP contribution >= 0.6 is 11.6 Å². The number of rotatable bonds is 3. The maximum atomic E-state index is 12.4. The van der Waals surface area contributed by atoms with Gasteiger partial charge in [-0.2, -0.15) is 0 Å². The number of amides is 1. The molecule has 1 fully saturated rings. The summed E-state index contributed by atoms with van der Waals surface area (Å²) in [6, 6.07) is 2.61. The highest BCUT2D eigenvalue weighted by molar-refractivity contribution is 6.30. The molecule has 132 valence electrons. The lowest BCUT2D eigenvalue weighted by Gasteiger charge is -2.27. The number of carbonyl (C=O) groups is 2. The zero-order chi connectivity index (χ0) is 17.9. The van der Waals surface area contributed by atoms with Gasteiger partial charge in [-0.25, -0.2) is 14.6 Å². The molecule has 1 aromatic rings. The lowest BCUT2D eigenvalue weighted by Crippen LogP contribution is -2.44. The molecule has 1 amide bonds. The van der Waals surface area contributed by atoms with E-state index in [0.717, 1.165) is 0 Å². The Bertz CT molecular complexity index is 617. The quantitative estimate of drug-likeness (QED) is 0.612. The predicted octanol–water partition coefficient (Wildman–Crippen LogP) is 2.66. The number of carbonyl (C=O) groups excluding carboxylic acids is 2. The second-order valence-electron chi connectivity index (χ2n) is 6.44. The molecule has 0 aliphatic carbocycles. The fourth-order valence-corrected chi connectivity index (χ4v) is 2.57. The Balaban J connectivity index is 2.13. The average molecular weight is 357 g/mol. The molecule has 7 nitrogen and oxygen atoms in total. The first-order chi connectivity index (χ1) is 11.2. The number of pyridine rings is 1. The lowest BCUT2D eigenvalue weighted by molar-refractivity contribution is -0.145. The van der Waals surface area contributed by atoms with Crippen LogP contribution in [0.15, 0.2) is 18.3 Å². The normalized spacial score (nSPS) is 20.6. The molecular weight excluding hydrogens is 336 g/mol. The molecule has 0 bridgehead atoms. The van der Waals surface area contributed by atoms with Crippen LogP contribution in [0.2, 0.25) is 5.15 Å². The summed E-state index contributed by atoms with van der Waals surface area (Å²) >= 11 is 5.98. The van der Waals surface area contributed by atoms with Gasteiger partial charge in [-0.1, -0.05) is 11.6 Å². The van der Waals surface area contributed by atoms with E-state index in [1.165, 1.54) is 12.0 Å². The van der Waals surface area contributed by atoms with Gasteiger partial charge >= 0.3 is 12.1 Å². The minimum Gasteiger partial charge on any atom is -0.485 e. The summed E-state index contributed by atoms with van der Waals surface area (Å²) in [5.41, 5.74) is -0.663. The lowest BCUT2D eigenvalue weighted by atomic mass is 10.2. The van der Waals surface area contributed by atoms with Crippen molar-refractivity contribution in [2.75, 3.05) is 13.7 Å². The van der Waals surface area contributed by atoms with Gasteiger partial charge < -0.3 is 14.2 Å². The van der Waals surface area contributed by atoms with Crippen molar-refractivity contribution < 1.29 is 23.8 Å². The van der Waals surface area contributed by atoms with E-state index >= 15 is 0 Å². The molecule has 0 N–H and O–H groups in total. The molecule has 0 aromatic carbocycles. The molecule has 2 atom stereocenters. The first-order valence-electron chi connectivity index (χ1n) is 7.56. The van der Waals surface area contributed by atoms with Crippen molar-refractivity contribution in [3.8, 4) is 5.75 Å². The van der Waals surface area contributed by atoms with E-state index in [0.29, 0.717) is 5.75 Å². The van der Waals surface area contributed by atoms with Crippen molar-refractivity contribution in [3.63, 3.8) is 0 Å². The maximum absolute atomic E-state index is 12.4. The van der Waals surface area contributed by atoms with Gasteiger partial charge in [0.2, 0.25) is 0 Å². The Morgan fingerprint density at radius 3 is 2.67 bits per heavy atom. The molecule has 8 heteroatoms. The number of hydrogen-bond acceptors (Lipinski definition) is 6. The molecule has 0 saturated carbocycles. The van der Waals surface area contributed by atoms with Crippen molar-refractivity contribution >= 4 is 23.7 Å². The van der Waals surface area contributed by atoms with E-state index in [4.69, 9.17) is 25.8 Å². The summed E-state index contributed by atoms with van der Waals surface area (Å²) in [6.07, 6.45) is 0.843. The summed E-state index contributed by atoms with van der Waals surface area (Å²) in [5.74, 6) is -0.108. The zero-order valence-electron chi connectivity index (χ0n) is 14.1. The van der Waals surface area contributed by atoms with Crippen LogP contribution in [-0.4, -0.2) is 53.3 Å². The summed E-state index contributed by atoms with van der Waals surface area (Å²) in [6.45, 7) is 5.48. The molecule has 1 aliphatic heterocycles. The summed E-state index contributed by atoms with van der Waals surface area (Å²) in [7, 11) is 1.28. The number of aromatic nitrogens is 1. The molecule has 0 unspecified atom stereocenters. The van der Waals surface area contributed by atoms with Gasteiger partial charge in [-0.15, -0.1) is 0 Å². The predicted molar refractivity (Wildman–Crippen MR) is 87.0 cm³/mol. The number of hydrogen-bond donors (Lipinski definition) is 0. The number of esters is 1. The van der Waals surface area contributed by atoms with Crippen LogP contribution in [0.25, 0.3) is 0 Å². The van der Waals surface area contributed by atoms with E-state index in [1.54, 1.807) is 39.1 Å². The first-order valence-corrected chi connectivity index (χ1v) is 7.93. The molecule has 0 radical (unpaired) electrons. The highest BCUT2D eigenvalue weighted by Gasteiger charge is 2.43. The van der Waals surface area contributed by atoms with E-state index in [-0.39, 0.29) is 18.1 Å². The van der Waals surface area contributed by atoms with Gasteiger partial charge in [-0.3, -0.25) is 4.90 Å². The van der Waals surface area contributed by atoms with Crippen LogP contribution in [0, 0.1) is 0 Å². The SMILES string of the molecule is COC(=O)[C@H]1C[C@@H](Oc2cccnc2Cl)CN1C(=O)OC(C)(C)C. The monoisotopic (exact) mass is 356 g/mol. The van der Waals surface area contributed by atoms with E-state index in [9.17, 15) is 9.59 Å². The Morgan fingerprint density at radius 2 is 2.08 bits per heavy atom.